The number of carbonyl (C=O) groups is 2. The zero-order chi connectivity index (χ0) is 21.2. The van der Waals surface area contributed by atoms with Crippen LogP contribution in [0.2, 0.25) is 5.02 Å². The Morgan fingerprint density at radius 1 is 0.967 bits per heavy atom. The molecule has 0 fully saturated rings. The smallest absolute Gasteiger partial charge is 0.259 e. The standard InChI is InChI=1S/C23H20ClN3O3/c24-20-11-6-10-18(13-20)23(29)25-15-22(28)27-26-14-19-9-4-5-12-21(19)30-16-17-7-2-1-3-8-17/h1-14H,15-16H2,(H,25,29)(H,27,28)/b26-14-. The number of hydrogen-bond donors (Lipinski definition) is 2. The number of para-hydroxylation sites is 1. The normalized spacial score (nSPS) is 10.6. The summed E-state index contributed by atoms with van der Waals surface area (Å²) in [6.45, 7) is 0.211. The molecule has 0 spiro atoms. The van der Waals surface area contributed by atoms with Crippen LogP contribution in [0, 0.1) is 0 Å². The predicted molar refractivity (Wildman–Crippen MR) is 117 cm³/mol. The van der Waals surface area contributed by atoms with E-state index in [1.165, 1.54) is 12.3 Å². The van der Waals surface area contributed by atoms with Crippen molar-refractivity contribution in [3.63, 3.8) is 0 Å². The average Bonchev–Trinajstić information content (AvgIpc) is 2.77. The van der Waals surface area contributed by atoms with Gasteiger partial charge in [0, 0.05) is 16.1 Å². The molecule has 0 bridgehead atoms. The van der Waals surface area contributed by atoms with Crippen LogP contribution in [0.3, 0.4) is 0 Å². The molecule has 0 atom stereocenters. The molecule has 0 unspecified atom stereocenters. The number of nitrogens with one attached hydrogen (secondary N) is 2. The molecule has 152 valence electrons. The van der Waals surface area contributed by atoms with Gasteiger partial charge in [-0.15, -0.1) is 0 Å². The quantitative estimate of drug-likeness (QED) is 0.429. The van der Waals surface area contributed by atoms with Crippen molar-refractivity contribution >= 4 is 29.6 Å². The van der Waals surface area contributed by atoms with Gasteiger partial charge in [0.2, 0.25) is 0 Å². The molecule has 0 radical (unpaired) electrons. The molecule has 2 amide bonds. The highest BCUT2D eigenvalue weighted by Crippen LogP contribution is 2.17. The highest BCUT2D eigenvalue weighted by molar-refractivity contribution is 6.31. The highest BCUT2D eigenvalue weighted by Gasteiger charge is 2.08. The Morgan fingerprint density at radius 3 is 2.53 bits per heavy atom. The number of ether oxygens (including phenoxy) is 1. The molecule has 2 N–H and O–H groups in total. The highest BCUT2D eigenvalue weighted by atomic mass is 35.5. The Labute approximate surface area is 179 Å². The second-order valence-electron chi connectivity index (χ2n) is 6.30. The van der Waals surface area contributed by atoms with Crippen LogP contribution in [0.4, 0.5) is 0 Å². The van der Waals surface area contributed by atoms with E-state index in [4.69, 9.17) is 16.3 Å². The van der Waals surface area contributed by atoms with Crippen molar-refractivity contribution in [2.24, 2.45) is 5.10 Å². The molecule has 6 nitrogen and oxygen atoms in total. The average molecular weight is 422 g/mol. The maximum Gasteiger partial charge on any atom is 0.259 e. The molecule has 7 heteroatoms. The van der Waals surface area contributed by atoms with Crippen LogP contribution in [0.15, 0.2) is 84.0 Å². The lowest BCUT2D eigenvalue weighted by Gasteiger charge is -2.09. The van der Waals surface area contributed by atoms with Gasteiger partial charge in [-0.2, -0.15) is 5.10 Å². The van der Waals surface area contributed by atoms with E-state index < -0.39 is 11.8 Å². The number of hydrazone groups is 1. The van der Waals surface area contributed by atoms with Crippen LogP contribution in [0.5, 0.6) is 5.75 Å². The molecule has 3 rings (SSSR count). The van der Waals surface area contributed by atoms with Crippen molar-refractivity contribution in [3.8, 4) is 5.75 Å². The summed E-state index contributed by atoms with van der Waals surface area (Å²) in [6, 6.07) is 23.7. The molecular formula is C23H20ClN3O3. The summed E-state index contributed by atoms with van der Waals surface area (Å²) >= 11 is 5.86. The third kappa shape index (κ3) is 6.46. The Kier molecular flexibility index (Phi) is 7.58. The molecule has 30 heavy (non-hydrogen) atoms. The Hall–Kier alpha value is -3.64. The fourth-order valence-corrected chi connectivity index (χ4v) is 2.75. The molecule has 0 aliphatic heterocycles. The Morgan fingerprint density at radius 2 is 1.73 bits per heavy atom. The lowest BCUT2D eigenvalue weighted by molar-refractivity contribution is -0.120. The fourth-order valence-electron chi connectivity index (χ4n) is 2.56. The van der Waals surface area contributed by atoms with Crippen molar-refractivity contribution in [2.75, 3.05) is 6.54 Å². The van der Waals surface area contributed by atoms with E-state index in [1.54, 1.807) is 18.2 Å². The second kappa shape index (κ2) is 10.8. The Balaban J connectivity index is 1.50. The summed E-state index contributed by atoms with van der Waals surface area (Å²) in [7, 11) is 0. The van der Waals surface area contributed by atoms with Crippen LogP contribution in [-0.2, 0) is 11.4 Å². The monoisotopic (exact) mass is 421 g/mol. The molecule has 3 aromatic carbocycles. The summed E-state index contributed by atoms with van der Waals surface area (Å²) in [4.78, 5) is 24.0. The minimum atomic E-state index is -0.454. The zero-order valence-corrected chi connectivity index (χ0v) is 16.8. The summed E-state index contributed by atoms with van der Waals surface area (Å²) in [5, 5.41) is 6.91. The summed E-state index contributed by atoms with van der Waals surface area (Å²) < 4.78 is 5.85. The van der Waals surface area contributed by atoms with Gasteiger partial charge >= 0.3 is 0 Å². The number of hydrogen-bond acceptors (Lipinski definition) is 4. The number of carbonyl (C=O) groups excluding carboxylic acids is 2. The third-order valence-corrected chi connectivity index (χ3v) is 4.28. The maximum atomic E-state index is 12.0. The minimum absolute atomic E-state index is 0.213. The van der Waals surface area contributed by atoms with Gasteiger partial charge in [0.15, 0.2) is 0 Å². The number of rotatable bonds is 8. The van der Waals surface area contributed by atoms with E-state index >= 15 is 0 Å². The molecule has 0 aromatic heterocycles. The molecular weight excluding hydrogens is 402 g/mol. The van der Waals surface area contributed by atoms with E-state index in [1.807, 2.05) is 54.6 Å². The van der Waals surface area contributed by atoms with E-state index in [0.717, 1.165) is 11.1 Å². The van der Waals surface area contributed by atoms with Crippen LogP contribution in [0.1, 0.15) is 21.5 Å². The van der Waals surface area contributed by atoms with Crippen LogP contribution < -0.4 is 15.5 Å². The van der Waals surface area contributed by atoms with Crippen molar-refractivity contribution < 1.29 is 14.3 Å². The summed E-state index contributed by atoms with van der Waals surface area (Å²) in [5.74, 6) is -0.200. The number of amides is 2. The van der Waals surface area contributed by atoms with Crippen LogP contribution in [0.25, 0.3) is 0 Å². The molecule has 0 heterocycles. The first-order chi connectivity index (χ1) is 14.6. The first-order valence-corrected chi connectivity index (χ1v) is 9.61. The van der Waals surface area contributed by atoms with E-state index in [2.05, 4.69) is 15.8 Å². The van der Waals surface area contributed by atoms with Crippen LogP contribution in [-0.4, -0.2) is 24.6 Å². The molecule has 3 aromatic rings. The van der Waals surface area contributed by atoms with Gasteiger partial charge < -0.3 is 10.1 Å². The minimum Gasteiger partial charge on any atom is -0.488 e. The number of benzene rings is 3. The molecule has 0 aliphatic rings. The van der Waals surface area contributed by atoms with Gasteiger partial charge in [0.25, 0.3) is 11.8 Å². The second-order valence-corrected chi connectivity index (χ2v) is 6.73. The molecule has 0 saturated carbocycles. The van der Waals surface area contributed by atoms with E-state index in [-0.39, 0.29) is 6.54 Å². The first-order valence-electron chi connectivity index (χ1n) is 9.23. The van der Waals surface area contributed by atoms with Crippen molar-refractivity contribution in [1.82, 2.24) is 10.7 Å². The van der Waals surface area contributed by atoms with Crippen molar-refractivity contribution in [1.29, 1.82) is 0 Å². The topological polar surface area (TPSA) is 79.8 Å². The van der Waals surface area contributed by atoms with E-state index in [0.29, 0.717) is 22.9 Å². The predicted octanol–water partition coefficient (Wildman–Crippen LogP) is 3.80. The fraction of sp³-hybridized carbons (Fsp3) is 0.0870. The first kappa shape index (κ1) is 21.1. The third-order valence-electron chi connectivity index (χ3n) is 4.05. The lowest BCUT2D eigenvalue weighted by atomic mass is 10.2. The molecule has 0 aliphatic carbocycles. The lowest BCUT2D eigenvalue weighted by Crippen LogP contribution is -2.34. The van der Waals surface area contributed by atoms with E-state index in [9.17, 15) is 9.59 Å². The van der Waals surface area contributed by atoms with Gasteiger partial charge in [-0.1, -0.05) is 60.1 Å². The SMILES string of the molecule is O=C(CNC(=O)c1cccc(Cl)c1)N/N=C\c1ccccc1OCc1ccccc1. The summed E-state index contributed by atoms with van der Waals surface area (Å²) in [5.41, 5.74) is 4.53. The Bertz CT molecular complexity index is 1040. The van der Waals surface area contributed by atoms with Crippen LogP contribution >= 0.6 is 11.6 Å². The van der Waals surface area contributed by atoms with Gasteiger partial charge in [-0.05, 0) is 35.9 Å². The van der Waals surface area contributed by atoms with Gasteiger partial charge in [0.05, 0.1) is 12.8 Å². The number of halogens is 1. The van der Waals surface area contributed by atoms with Crippen molar-refractivity contribution in [3.05, 3.63) is 101 Å². The van der Waals surface area contributed by atoms with Gasteiger partial charge in [-0.3, -0.25) is 9.59 Å². The molecule has 0 saturated heterocycles. The van der Waals surface area contributed by atoms with Gasteiger partial charge in [-0.25, -0.2) is 5.43 Å². The summed E-state index contributed by atoms with van der Waals surface area (Å²) in [6.07, 6.45) is 1.50. The maximum absolute atomic E-state index is 12.0. The van der Waals surface area contributed by atoms with Crippen molar-refractivity contribution in [2.45, 2.75) is 6.61 Å². The van der Waals surface area contributed by atoms with Gasteiger partial charge in [0.1, 0.15) is 12.4 Å². The zero-order valence-electron chi connectivity index (χ0n) is 16.0. The number of nitrogens with zero attached hydrogens (tertiary/aromatic N) is 1. The largest absolute Gasteiger partial charge is 0.488 e.